The van der Waals surface area contributed by atoms with Crippen LogP contribution >= 0.6 is 0 Å². The standard InChI is InChI=1S/C20H20FN3O2/c1-26-19-5-3-2-4-18(19)23-8-10-24(11-9-23)20(25)17-13-14-12-15(21)6-7-16(14)22-17/h2-7,12-13,22H,8-11H2,1H3. The molecule has 1 amide bonds. The van der Waals surface area contributed by atoms with E-state index in [1.807, 2.05) is 29.2 Å². The Kier molecular flexibility index (Phi) is 4.24. The maximum Gasteiger partial charge on any atom is 0.270 e. The molecule has 26 heavy (non-hydrogen) atoms. The smallest absolute Gasteiger partial charge is 0.270 e. The molecular weight excluding hydrogens is 333 g/mol. The third-order valence-electron chi connectivity index (χ3n) is 4.81. The summed E-state index contributed by atoms with van der Waals surface area (Å²) < 4.78 is 18.8. The number of piperazine rings is 1. The van der Waals surface area contributed by atoms with E-state index in [1.165, 1.54) is 12.1 Å². The Labute approximate surface area is 151 Å². The van der Waals surface area contributed by atoms with E-state index in [0.717, 1.165) is 30.0 Å². The van der Waals surface area contributed by atoms with E-state index in [4.69, 9.17) is 4.74 Å². The number of para-hydroxylation sites is 2. The number of aromatic amines is 1. The lowest BCUT2D eigenvalue weighted by atomic mass is 10.2. The number of anilines is 1. The van der Waals surface area contributed by atoms with Gasteiger partial charge in [0.05, 0.1) is 12.8 Å². The van der Waals surface area contributed by atoms with Crippen molar-refractivity contribution in [1.82, 2.24) is 9.88 Å². The molecule has 2 aromatic carbocycles. The zero-order valence-corrected chi connectivity index (χ0v) is 14.5. The second kappa shape index (κ2) is 6.71. The number of methoxy groups -OCH3 is 1. The Bertz CT molecular complexity index is 945. The zero-order chi connectivity index (χ0) is 18.1. The van der Waals surface area contributed by atoms with Gasteiger partial charge in [-0.1, -0.05) is 12.1 Å². The highest BCUT2D eigenvalue weighted by atomic mass is 19.1. The van der Waals surface area contributed by atoms with Gasteiger partial charge in [0.2, 0.25) is 0 Å². The van der Waals surface area contributed by atoms with Crippen molar-refractivity contribution in [3.05, 3.63) is 60.0 Å². The number of amides is 1. The first-order valence-electron chi connectivity index (χ1n) is 8.61. The van der Waals surface area contributed by atoms with Crippen molar-refractivity contribution in [3.63, 3.8) is 0 Å². The van der Waals surface area contributed by atoms with Crippen molar-refractivity contribution in [1.29, 1.82) is 0 Å². The van der Waals surface area contributed by atoms with Gasteiger partial charge in [-0.25, -0.2) is 4.39 Å². The van der Waals surface area contributed by atoms with Gasteiger partial charge in [-0.3, -0.25) is 4.79 Å². The summed E-state index contributed by atoms with van der Waals surface area (Å²) in [5, 5.41) is 0.709. The number of halogens is 1. The Hall–Kier alpha value is -3.02. The Morgan fingerprint density at radius 3 is 2.62 bits per heavy atom. The number of nitrogens with zero attached hydrogens (tertiary/aromatic N) is 2. The molecule has 1 aromatic heterocycles. The number of carbonyl (C=O) groups excluding carboxylic acids is 1. The van der Waals surface area contributed by atoms with Gasteiger partial charge in [0.15, 0.2) is 0 Å². The highest BCUT2D eigenvalue weighted by Crippen LogP contribution is 2.28. The summed E-state index contributed by atoms with van der Waals surface area (Å²) >= 11 is 0. The molecular formula is C20H20FN3O2. The van der Waals surface area contributed by atoms with Crippen LogP contribution in [0.3, 0.4) is 0 Å². The minimum absolute atomic E-state index is 0.0544. The molecule has 1 aliphatic rings. The van der Waals surface area contributed by atoms with Gasteiger partial charge in [0, 0.05) is 37.1 Å². The summed E-state index contributed by atoms with van der Waals surface area (Å²) in [6.45, 7) is 2.73. The molecule has 134 valence electrons. The number of rotatable bonds is 3. The summed E-state index contributed by atoms with van der Waals surface area (Å²) in [6.07, 6.45) is 0. The summed E-state index contributed by atoms with van der Waals surface area (Å²) in [4.78, 5) is 19.9. The van der Waals surface area contributed by atoms with Gasteiger partial charge in [0.25, 0.3) is 5.91 Å². The van der Waals surface area contributed by atoms with Crippen LogP contribution in [0.1, 0.15) is 10.5 Å². The van der Waals surface area contributed by atoms with Crippen LogP contribution in [0.4, 0.5) is 10.1 Å². The van der Waals surface area contributed by atoms with Crippen molar-refractivity contribution >= 4 is 22.5 Å². The van der Waals surface area contributed by atoms with E-state index in [0.29, 0.717) is 24.2 Å². The lowest BCUT2D eigenvalue weighted by molar-refractivity contribution is 0.0742. The Morgan fingerprint density at radius 1 is 1.08 bits per heavy atom. The molecule has 0 bridgehead atoms. The van der Waals surface area contributed by atoms with Crippen molar-refractivity contribution in [2.24, 2.45) is 0 Å². The fourth-order valence-electron chi connectivity index (χ4n) is 3.43. The number of carbonyl (C=O) groups is 1. The molecule has 0 saturated carbocycles. The van der Waals surface area contributed by atoms with Crippen molar-refractivity contribution in [2.75, 3.05) is 38.2 Å². The molecule has 0 unspecified atom stereocenters. The normalized spacial score (nSPS) is 14.7. The van der Waals surface area contributed by atoms with Crippen LogP contribution in [0.25, 0.3) is 10.9 Å². The fraction of sp³-hybridized carbons (Fsp3) is 0.250. The third-order valence-corrected chi connectivity index (χ3v) is 4.81. The topological polar surface area (TPSA) is 48.6 Å². The van der Waals surface area contributed by atoms with Crippen molar-refractivity contribution < 1.29 is 13.9 Å². The molecule has 1 aliphatic heterocycles. The van der Waals surface area contributed by atoms with E-state index in [-0.39, 0.29) is 11.7 Å². The largest absolute Gasteiger partial charge is 0.495 e. The predicted molar refractivity (Wildman–Crippen MR) is 99.4 cm³/mol. The molecule has 3 aromatic rings. The van der Waals surface area contributed by atoms with E-state index in [2.05, 4.69) is 9.88 Å². The van der Waals surface area contributed by atoms with E-state index in [9.17, 15) is 9.18 Å². The maximum absolute atomic E-state index is 13.3. The quantitative estimate of drug-likeness (QED) is 0.786. The third kappa shape index (κ3) is 2.98. The molecule has 0 spiro atoms. The van der Waals surface area contributed by atoms with Gasteiger partial charge in [0.1, 0.15) is 17.3 Å². The molecule has 6 heteroatoms. The molecule has 1 N–H and O–H groups in total. The Morgan fingerprint density at radius 2 is 1.85 bits per heavy atom. The second-order valence-corrected chi connectivity index (χ2v) is 6.37. The van der Waals surface area contributed by atoms with Crippen LogP contribution in [0.15, 0.2) is 48.5 Å². The lowest BCUT2D eigenvalue weighted by Gasteiger charge is -2.36. The van der Waals surface area contributed by atoms with E-state index >= 15 is 0 Å². The number of H-pyrrole nitrogens is 1. The number of fused-ring (bicyclic) bond motifs is 1. The van der Waals surface area contributed by atoms with Gasteiger partial charge in [-0.05, 0) is 36.4 Å². The van der Waals surface area contributed by atoms with Crippen LogP contribution in [0.5, 0.6) is 5.75 Å². The fourth-order valence-corrected chi connectivity index (χ4v) is 3.43. The van der Waals surface area contributed by atoms with Crippen LogP contribution < -0.4 is 9.64 Å². The molecule has 1 fully saturated rings. The number of ether oxygens (including phenoxy) is 1. The summed E-state index contributed by atoms with van der Waals surface area (Å²) in [6, 6.07) is 14.1. The number of aromatic nitrogens is 1. The average Bonchev–Trinajstić information content (AvgIpc) is 3.10. The summed E-state index contributed by atoms with van der Waals surface area (Å²) in [7, 11) is 1.66. The first kappa shape index (κ1) is 16.4. The number of nitrogens with one attached hydrogen (secondary N) is 1. The number of hydrogen-bond donors (Lipinski definition) is 1. The molecule has 5 nitrogen and oxygen atoms in total. The van der Waals surface area contributed by atoms with Crippen LogP contribution in [0, 0.1) is 5.82 Å². The van der Waals surface area contributed by atoms with Crippen molar-refractivity contribution in [3.8, 4) is 5.75 Å². The van der Waals surface area contributed by atoms with E-state index < -0.39 is 0 Å². The molecule has 1 saturated heterocycles. The molecule has 0 aliphatic carbocycles. The highest BCUT2D eigenvalue weighted by Gasteiger charge is 2.24. The first-order valence-corrected chi connectivity index (χ1v) is 8.61. The first-order chi connectivity index (χ1) is 12.7. The second-order valence-electron chi connectivity index (χ2n) is 6.37. The molecule has 4 rings (SSSR count). The minimum Gasteiger partial charge on any atom is -0.495 e. The maximum atomic E-state index is 13.3. The monoisotopic (exact) mass is 353 g/mol. The summed E-state index contributed by atoms with van der Waals surface area (Å²) in [5.74, 6) is 0.479. The minimum atomic E-state index is -0.305. The van der Waals surface area contributed by atoms with Gasteiger partial charge in [-0.15, -0.1) is 0 Å². The van der Waals surface area contributed by atoms with Crippen LogP contribution in [0.2, 0.25) is 0 Å². The van der Waals surface area contributed by atoms with Crippen molar-refractivity contribution in [2.45, 2.75) is 0 Å². The Balaban J connectivity index is 1.47. The van der Waals surface area contributed by atoms with E-state index in [1.54, 1.807) is 19.2 Å². The number of hydrogen-bond acceptors (Lipinski definition) is 3. The molecule has 2 heterocycles. The van der Waals surface area contributed by atoms with Crippen LogP contribution in [-0.2, 0) is 0 Å². The lowest BCUT2D eigenvalue weighted by Crippen LogP contribution is -2.49. The molecule has 0 radical (unpaired) electrons. The SMILES string of the molecule is COc1ccccc1N1CCN(C(=O)c2cc3cc(F)ccc3[nH]2)CC1. The van der Waals surface area contributed by atoms with Crippen LogP contribution in [-0.4, -0.2) is 49.1 Å². The van der Waals surface area contributed by atoms with Gasteiger partial charge < -0.3 is 19.5 Å². The van der Waals surface area contributed by atoms with Gasteiger partial charge >= 0.3 is 0 Å². The molecule has 0 atom stereocenters. The van der Waals surface area contributed by atoms with Gasteiger partial charge in [-0.2, -0.15) is 0 Å². The average molecular weight is 353 g/mol. The zero-order valence-electron chi connectivity index (χ0n) is 14.5. The predicted octanol–water partition coefficient (Wildman–Crippen LogP) is 3.28. The highest BCUT2D eigenvalue weighted by molar-refractivity contribution is 5.98. The summed E-state index contributed by atoms with van der Waals surface area (Å²) in [5.41, 5.74) is 2.31. The number of benzene rings is 2.